The molecule has 0 spiro atoms. The number of nitrogens with one attached hydrogen (secondary N) is 1. The average molecular weight is 222 g/mol. The molecule has 0 radical (unpaired) electrons. The number of ketones is 1. The van der Waals surface area contributed by atoms with Gasteiger partial charge in [-0.05, 0) is 12.1 Å². The van der Waals surface area contributed by atoms with E-state index in [0.29, 0.717) is 10.6 Å². The van der Waals surface area contributed by atoms with Gasteiger partial charge in [0.15, 0.2) is 5.78 Å². The standard InChI is InChI=1S/C12H12ClNO/c1-7(2)12(15)8-6-14-10-5-3-4-9(13)11(8)10/h3-7,14H,1-2H3. The van der Waals surface area contributed by atoms with Crippen LogP contribution in [-0.2, 0) is 0 Å². The molecule has 0 aliphatic rings. The minimum Gasteiger partial charge on any atom is -0.360 e. The monoisotopic (exact) mass is 221 g/mol. The average Bonchev–Trinajstić information content (AvgIpc) is 2.61. The topological polar surface area (TPSA) is 32.9 Å². The van der Waals surface area contributed by atoms with Gasteiger partial charge in [-0.25, -0.2) is 0 Å². The van der Waals surface area contributed by atoms with Crippen LogP contribution in [0.5, 0.6) is 0 Å². The highest BCUT2D eigenvalue weighted by molar-refractivity contribution is 6.36. The summed E-state index contributed by atoms with van der Waals surface area (Å²) in [5, 5.41) is 1.45. The first-order valence-electron chi connectivity index (χ1n) is 4.91. The van der Waals surface area contributed by atoms with Crippen molar-refractivity contribution < 1.29 is 4.79 Å². The molecule has 2 rings (SSSR count). The summed E-state index contributed by atoms with van der Waals surface area (Å²) < 4.78 is 0. The van der Waals surface area contributed by atoms with Gasteiger partial charge in [0.05, 0.1) is 5.02 Å². The zero-order chi connectivity index (χ0) is 11.0. The maximum atomic E-state index is 11.9. The lowest BCUT2D eigenvalue weighted by Crippen LogP contribution is -2.06. The predicted molar refractivity (Wildman–Crippen MR) is 62.5 cm³/mol. The zero-order valence-electron chi connectivity index (χ0n) is 8.67. The van der Waals surface area contributed by atoms with Crippen LogP contribution in [0.2, 0.25) is 5.02 Å². The number of carbonyl (C=O) groups is 1. The molecule has 0 unspecified atom stereocenters. The van der Waals surface area contributed by atoms with Crippen LogP contribution in [0.15, 0.2) is 24.4 Å². The van der Waals surface area contributed by atoms with Gasteiger partial charge in [-0.15, -0.1) is 0 Å². The fraction of sp³-hybridized carbons (Fsp3) is 0.250. The lowest BCUT2D eigenvalue weighted by atomic mass is 10.0. The van der Waals surface area contributed by atoms with E-state index in [1.165, 1.54) is 0 Å². The molecule has 2 nitrogen and oxygen atoms in total. The third kappa shape index (κ3) is 1.65. The maximum Gasteiger partial charge on any atom is 0.167 e. The molecule has 0 saturated carbocycles. The molecule has 1 aromatic heterocycles. The van der Waals surface area contributed by atoms with Crippen molar-refractivity contribution in [3.05, 3.63) is 35.0 Å². The molecule has 0 amide bonds. The third-order valence-corrected chi connectivity index (χ3v) is 2.76. The molecule has 0 saturated heterocycles. The molecule has 0 fully saturated rings. The number of fused-ring (bicyclic) bond motifs is 1. The van der Waals surface area contributed by atoms with E-state index in [2.05, 4.69) is 4.98 Å². The fourth-order valence-corrected chi connectivity index (χ4v) is 1.92. The number of hydrogen-bond donors (Lipinski definition) is 1. The number of hydrogen-bond acceptors (Lipinski definition) is 1. The molecule has 3 heteroatoms. The number of halogens is 1. The Labute approximate surface area is 93.2 Å². The van der Waals surface area contributed by atoms with Crippen molar-refractivity contribution in [3.8, 4) is 0 Å². The lowest BCUT2D eigenvalue weighted by molar-refractivity contribution is 0.0941. The number of aromatic nitrogens is 1. The van der Waals surface area contributed by atoms with Crippen LogP contribution in [0.1, 0.15) is 24.2 Å². The highest BCUT2D eigenvalue weighted by atomic mass is 35.5. The second-order valence-corrected chi connectivity index (χ2v) is 4.29. The van der Waals surface area contributed by atoms with Gasteiger partial charge < -0.3 is 4.98 Å². The molecule has 78 valence electrons. The Hall–Kier alpha value is -1.28. The molecule has 1 N–H and O–H groups in total. The fourth-order valence-electron chi connectivity index (χ4n) is 1.65. The first-order valence-corrected chi connectivity index (χ1v) is 5.29. The van der Waals surface area contributed by atoms with Crippen LogP contribution in [0.25, 0.3) is 10.9 Å². The van der Waals surface area contributed by atoms with E-state index >= 15 is 0 Å². The Bertz CT molecular complexity index is 513. The summed E-state index contributed by atoms with van der Waals surface area (Å²) in [6.45, 7) is 3.77. The Morgan fingerprint density at radius 3 is 2.80 bits per heavy atom. The van der Waals surface area contributed by atoms with Gasteiger partial charge >= 0.3 is 0 Å². The van der Waals surface area contributed by atoms with Crippen molar-refractivity contribution in [3.63, 3.8) is 0 Å². The molecule has 0 atom stereocenters. The van der Waals surface area contributed by atoms with E-state index in [4.69, 9.17) is 11.6 Å². The van der Waals surface area contributed by atoms with E-state index in [9.17, 15) is 4.79 Å². The molecule has 0 aliphatic heterocycles. The highest BCUT2D eigenvalue weighted by Gasteiger charge is 2.16. The summed E-state index contributed by atoms with van der Waals surface area (Å²) in [5.41, 5.74) is 1.59. The van der Waals surface area contributed by atoms with Gasteiger partial charge in [0, 0.05) is 28.6 Å². The van der Waals surface area contributed by atoms with Crippen molar-refractivity contribution in [2.45, 2.75) is 13.8 Å². The molecule has 1 heterocycles. The molecular weight excluding hydrogens is 210 g/mol. The minimum absolute atomic E-state index is 0.0136. The predicted octanol–water partition coefficient (Wildman–Crippen LogP) is 3.66. The largest absolute Gasteiger partial charge is 0.360 e. The number of rotatable bonds is 2. The number of benzene rings is 1. The van der Waals surface area contributed by atoms with Gasteiger partial charge in [-0.2, -0.15) is 0 Å². The first kappa shape index (κ1) is 10.2. The summed E-state index contributed by atoms with van der Waals surface area (Å²) >= 11 is 6.08. The summed E-state index contributed by atoms with van der Waals surface area (Å²) in [6, 6.07) is 5.58. The van der Waals surface area contributed by atoms with Crippen LogP contribution in [0, 0.1) is 5.92 Å². The van der Waals surface area contributed by atoms with Crippen molar-refractivity contribution in [2.24, 2.45) is 5.92 Å². The lowest BCUT2D eigenvalue weighted by Gasteiger charge is -2.02. The molecule has 2 aromatic rings. The number of carbonyl (C=O) groups excluding carboxylic acids is 1. The Kier molecular flexibility index (Phi) is 2.53. The van der Waals surface area contributed by atoms with Crippen LogP contribution in [0.4, 0.5) is 0 Å². The van der Waals surface area contributed by atoms with Gasteiger partial charge in [-0.3, -0.25) is 4.79 Å². The van der Waals surface area contributed by atoms with Crippen molar-refractivity contribution in [1.29, 1.82) is 0 Å². The van der Waals surface area contributed by atoms with E-state index in [1.807, 2.05) is 26.0 Å². The van der Waals surface area contributed by atoms with Crippen molar-refractivity contribution in [1.82, 2.24) is 4.98 Å². The molecular formula is C12H12ClNO. The van der Waals surface area contributed by atoms with Crippen LogP contribution < -0.4 is 0 Å². The first-order chi connectivity index (χ1) is 7.11. The summed E-state index contributed by atoms with van der Waals surface area (Å²) in [7, 11) is 0. The normalized spacial score (nSPS) is 11.2. The van der Waals surface area contributed by atoms with E-state index < -0.39 is 0 Å². The summed E-state index contributed by atoms with van der Waals surface area (Å²) in [6.07, 6.45) is 1.74. The Balaban J connectivity index is 2.67. The van der Waals surface area contributed by atoms with Crippen molar-refractivity contribution >= 4 is 28.3 Å². The number of H-pyrrole nitrogens is 1. The Morgan fingerprint density at radius 2 is 2.13 bits per heavy atom. The number of Topliss-reactive ketones (excluding diaryl/α,β-unsaturated/α-hetero) is 1. The van der Waals surface area contributed by atoms with Crippen molar-refractivity contribution in [2.75, 3.05) is 0 Å². The number of aromatic amines is 1. The molecule has 15 heavy (non-hydrogen) atoms. The quantitative estimate of drug-likeness (QED) is 0.772. The summed E-state index contributed by atoms with van der Waals surface area (Å²) in [5.74, 6) is 0.106. The Morgan fingerprint density at radius 1 is 1.40 bits per heavy atom. The van der Waals surface area contributed by atoms with E-state index in [1.54, 1.807) is 12.3 Å². The highest BCUT2D eigenvalue weighted by Crippen LogP contribution is 2.27. The zero-order valence-corrected chi connectivity index (χ0v) is 9.43. The van der Waals surface area contributed by atoms with E-state index in [0.717, 1.165) is 10.9 Å². The third-order valence-electron chi connectivity index (χ3n) is 2.44. The van der Waals surface area contributed by atoms with E-state index in [-0.39, 0.29) is 11.7 Å². The van der Waals surface area contributed by atoms with Gasteiger partial charge in [0.1, 0.15) is 0 Å². The minimum atomic E-state index is -0.0136. The smallest absolute Gasteiger partial charge is 0.167 e. The second-order valence-electron chi connectivity index (χ2n) is 3.88. The van der Waals surface area contributed by atoms with Gasteiger partial charge in [0.25, 0.3) is 0 Å². The second kappa shape index (κ2) is 3.70. The van der Waals surface area contributed by atoms with Gasteiger partial charge in [-0.1, -0.05) is 31.5 Å². The molecule has 1 aromatic carbocycles. The molecule has 0 bridgehead atoms. The van der Waals surface area contributed by atoms with Gasteiger partial charge in [0.2, 0.25) is 0 Å². The van der Waals surface area contributed by atoms with Crippen LogP contribution in [0.3, 0.4) is 0 Å². The van der Waals surface area contributed by atoms with Crippen LogP contribution in [-0.4, -0.2) is 10.8 Å². The molecule has 0 aliphatic carbocycles. The summed E-state index contributed by atoms with van der Waals surface area (Å²) in [4.78, 5) is 15.0. The van der Waals surface area contributed by atoms with Crippen LogP contribution >= 0.6 is 11.6 Å². The maximum absolute atomic E-state index is 11.9. The SMILES string of the molecule is CC(C)C(=O)c1c[nH]c2cccc(Cl)c12.